The quantitative estimate of drug-likeness (QED) is 0.674. The summed E-state index contributed by atoms with van der Waals surface area (Å²) in [4.78, 5) is 46.9. The lowest BCUT2D eigenvalue weighted by atomic mass is 10.1. The fourth-order valence-electron chi connectivity index (χ4n) is 2.54. The molecular formula is C15H11N3O6. The summed E-state index contributed by atoms with van der Waals surface area (Å²) in [5, 5.41) is 11.2. The predicted octanol–water partition coefficient (Wildman–Crippen LogP) is 0.0101. The molecule has 122 valence electrons. The van der Waals surface area contributed by atoms with Crippen LogP contribution in [0.2, 0.25) is 0 Å². The number of amides is 2. The molecule has 2 aromatic rings. The molecule has 1 aromatic carbocycles. The molecule has 0 saturated heterocycles. The fourth-order valence-corrected chi connectivity index (χ4v) is 2.54. The lowest BCUT2D eigenvalue weighted by Crippen LogP contribution is -2.24. The lowest BCUT2D eigenvalue weighted by Gasteiger charge is -2.13. The molecule has 9 nitrogen and oxygen atoms in total. The Kier molecular flexibility index (Phi) is 3.33. The Bertz CT molecular complexity index is 976. The summed E-state index contributed by atoms with van der Waals surface area (Å²) in [6, 6.07) is 4.91. The Labute approximate surface area is 134 Å². The van der Waals surface area contributed by atoms with Crippen molar-refractivity contribution < 1.29 is 24.2 Å². The van der Waals surface area contributed by atoms with Gasteiger partial charge in [-0.1, -0.05) is 0 Å². The van der Waals surface area contributed by atoms with Crippen LogP contribution in [0, 0.1) is 0 Å². The molecule has 0 radical (unpaired) electrons. The van der Waals surface area contributed by atoms with Gasteiger partial charge in [0.1, 0.15) is 17.1 Å². The van der Waals surface area contributed by atoms with Crippen molar-refractivity contribution in [3.05, 3.63) is 51.3 Å². The first-order chi connectivity index (χ1) is 11.3. The van der Waals surface area contributed by atoms with E-state index in [9.17, 15) is 19.2 Å². The molecule has 0 aliphatic carbocycles. The molecule has 9 heteroatoms. The predicted molar refractivity (Wildman–Crippen MR) is 81.8 cm³/mol. The molecule has 24 heavy (non-hydrogen) atoms. The first-order valence-corrected chi connectivity index (χ1v) is 6.68. The molecule has 0 spiro atoms. The van der Waals surface area contributed by atoms with Crippen LogP contribution in [-0.4, -0.2) is 34.6 Å². The van der Waals surface area contributed by atoms with E-state index in [4.69, 9.17) is 15.6 Å². The van der Waals surface area contributed by atoms with Crippen LogP contribution in [0.4, 0.5) is 5.82 Å². The number of aromatic carboxylic acids is 1. The maximum atomic E-state index is 12.3. The minimum atomic E-state index is -1.20. The smallest absolute Gasteiger partial charge is 0.339 e. The van der Waals surface area contributed by atoms with Crippen LogP contribution < -0.4 is 21.3 Å². The number of hydrogen-bond acceptors (Lipinski definition) is 6. The number of hydrogen-bond donors (Lipinski definition) is 3. The maximum Gasteiger partial charge on any atom is 0.339 e. The van der Waals surface area contributed by atoms with Gasteiger partial charge in [0, 0.05) is 12.1 Å². The van der Waals surface area contributed by atoms with Gasteiger partial charge in [-0.2, -0.15) is 0 Å². The number of fused-ring (bicyclic) bond motifs is 1. The van der Waals surface area contributed by atoms with Crippen molar-refractivity contribution in [3.63, 3.8) is 0 Å². The number of ether oxygens (including phenoxy) is 1. The molecule has 1 aliphatic rings. The van der Waals surface area contributed by atoms with Gasteiger partial charge in [-0.05, 0) is 12.1 Å². The van der Waals surface area contributed by atoms with Gasteiger partial charge < -0.3 is 15.6 Å². The third kappa shape index (κ3) is 2.10. The zero-order valence-corrected chi connectivity index (χ0v) is 12.3. The molecule has 0 fully saturated rings. The van der Waals surface area contributed by atoms with Crippen LogP contribution in [-0.2, 0) is 0 Å². The maximum absolute atomic E-state index is 12.3. The number of nitrogens with one attached hydrogen (secondary N) is 1. The Balaban J connectivity index is 2.27. The Morgan fingerprint density at radius 2 is 1.92 bits per heavy atom. The number of imide groups is 1. The first kappa shape index (κ1) is 15.3. The highest BCUT2D eigenvalue weighted by Crippen LogP contribution is 2.26. The second-order valence-corrected chi connectivity index (χ2v) is 4.96. The van der Waals surface area contributed by atoms with Gasteiger partial charge in [-0.25, -0.2) is 4.79 Å². The monoisotopic (exact) mass is 329 g/mol. The van der Waals surface area contributed by atoms with Crippen molar-refractivity contribution in [3.8, 4) is 11.4 Å². The van der Waals surface area contributed by atoms with Crippen molar-refractivity contribution in [2.24, 2.45) is 0 Å². The molecule has 1 aliphatic heterocycles. The molecule has 1 aromatic heterocycles. The molecule has 0 saturated carbocycles. The van der Waals surface area contributed by atoms with E-state index in [1.807, 2.05) is 0 Å². The van der Waals surface area contributed by atoms with E-state index in [0.717, 1.165) is 10.6 Å². The summed E-state index contributed by atoms with van der Waals surface area (Å²) in [7, 11) is 1.28. The van der Waals surface area contributed by atoms with Gasteiger partial charge in [0.2, 0.25) is 0 Å². The minimum absolute atomic E-state index is 0.0207. The summed E-state index contributed by atoms with van der Waals surface area (Å²) >= 11 is 0. The van der Waals surface area contributed by atoms with Gasteiger partial charge in [-0.3, -0.25) is 24.3 Å². The molecule has 3 rings (SSSR count). The topological polar surface area (TPSA) is 141 Å². The largest absolute Gasteiger partial charge is 0.496 e. The number of carboxylic acid groups (broad SMARTS) is 1. The van der Waals surface area contributed by atoms with E-state index in [2.05, 4.69) is 5.32 Å². The highest BCUT2D eigenvalue weighted by atomic mass is 16.5. The number of anilines is 1. The Morgan fingerprint density at radius 1 is 1.21 bits per heavy atom. The number of carbonyl (C=O) groups is 3. The number of pyridine rings is 1. The molecule has 0 bridgehead atoms. The van der Waals surface area contributed by atoms with Crippen molar-refractivity contribution >= 4 is 23.6 Å². The number of carboxylic acids is 1. The molecular weight excluding hydrogens is 318 g/mol. The minimum Gasteiger partial charge on any atom is -0.496 e. The highest BCUT2D eigenvalue weighted by molar-refractivity contribution is 6.23. The Hall–Kier alpha value is -3.62. The van der Waals surface area contributed by atoms with Gasteiger partial charge in [0.15, 0.2) is 0 Å². The van der Waals surface area contributed by atoms with Gasteiger partial charge >= 0.3 is 5.97 Å². The van der Waals surface area contributed by atoms with Crippen LogP contribution in [0.5, 0.6) is 5.75 Å². The second-order valence-electron chi connectivity index (χ2n) is 4.96. The molecule has 0 unspecified atom stereocenters. The van der Waals surface area contributed by atoms with Crippen molar-refractivity contribution in [2.75, 3.05) is 12.8 Å². The van der Waals surface area contributed by atoms with Crippen LogP contribution in [0.25, 0.3) is 5.69 Å². The van der Waals surface area contributed by atoms with Crippen LogP contribution in [0.1, 0.15) is 31.1 Å². The summed E-state index contributed by atoms with van der Waals surface area (Å²) in [6.07, 6.45) is 0. The summed E-state index contributed by atoms with van der Waals surface area (Å²) in [6.45, 7) is 0. The number of nitrogens with zero attached hydrogens (tertiary/aromatic N) is 1. The van der Waals surface area contributed by atoms with E-state index in [1.165, 1.54) is 25.3 Å². The van der Waals surface area contributed by atoms with Crippen LogP contribution in [0.15, 0.2) is 29.1 Å². The average Bonchev–Trinajstić information content (AvgIpc) is 2.81. The number of methoxy groups -OCH3 is 1. The van der Waals surface area contributed by atoms with E-state index in [0.29, 0.717) is 0 Å². The molecule has 4 N–H and O–H groups in total. The number of rotatable bonds is 3. The molecule has 0 atom stereocenters. The normalized spacial score (nSPS) is 12.7. The lowest BCUT2D eigenvalue weighted by molar-refractivity contribution is 0.0692. The van der Waals surface area contributed by atoms with Crippen molar-refractivity contribution in [1.29, 1.82) is 0 Å². The third-order valence-electron chi connectivity index (χ3n) is 3.63. The first-order valence-electron chi connectivity index (χ1n) is 6.68. The number of nitrogen functional groups attached to an aromatic ring is 1. The van der Waals surface area contributed by atoms with Gasteiger partial charge in [0.25, 0.3) is 17.4 Å². The van der Waals surface area contributed by atoms with E-state index < -0.39 is 23.3 Å². The summed E-state index contributed by atoms with van der Waals surface area (Å²) < 4.78 is 6.01. The SMILES string of the molecule is COc1cc(-n2c(N)c3c(cc2=O)C(=O)NC3=O)ccc1C(=O)O. The number of aromatic nitrogens is 1. The average molecular weight is 329 g/mol. The van der Waals surface area contributed by atoms with Gasteiger partial charge in [-0.15, -0.1) is 0 Å². The van der Waals surface area contributed by atoms with Crippen LogP contribution >= 0.6 is 0 Å². The van der Waals surface area contributed by atoms with E-state index in [1.54, 1.807) is 0 Å². The van der Waals surface area contributed by atoms with Gasteiger partial charge in [0.05, 0.1) is 23.9 Å². The fraction of sp³-hybridized carbons (Fsp3) is 0.0667. The van der Waals surface area contributed by atoms with Crippen LogP contribution in [0.3, 0.4) is 0 Å². The number of nitrogens with two attached hydrogens (primary N) is 1. The highest BCUT2D eigenvalue weighted by Gasteiger charge is 2.32. The van der Waals surface area contributed by atoms with E-state index >= 15 is 0 Å². The zero-order valence-electron chi connectivity index (χ0n) is 12.3. The molecule has 2 heterocycles. The summed E-state index contributed by atoms with van der Waals surface area (Å²) in [5.41, 5.74) is 5.19. The number of carbonyl (C=O) groups excluding carboxylic acids is 2. The van der Waals surface area contributed by atoms with Crippen molar-refractivity contribution in [2.45, 2.75) is 0 Å². The number of benzene rings is 1. The zero-order chi connectivity index (χ0) is 17.6. The molecule has 2 amide bonds. The van der Waals surface area contributed by atoms with E-state index in [-0.39, 0.29) is 33.9 Å². The Morgan fingerprint density at radius 3 is 2.54 bits per heavy atom. The summed E-state index contributed by atoms with van der Waals surface area (Å²) in [5.74, 6) is -2.78. The second kappa shape index (κ2) is 5.23. The van der Waals surface area contributed by atoms with Crippen molar-refractivity contribution in [1.82, 2.24) is 9.88 Å². The standard InChI is InChI=1S/C15H11N3O6/c1-24-9-4-6(2-3-7(9)15(22)23)18-10(19)5-8-11(12(18)16)14(21)17-13(8)20/h2-5H,16H2,1H3,(H,22,23)(H,17,20,21). The third-order valence-corrected chi connectivity index (χ3v) is 3.63.